The highest BCUT2D eigenvalue weighted by molar-refractivity contribution is 6.23. The quantitative estimate of drug-likeness (QED) is 0.363. The maximum absolute atomic E-state index is 12.9. The molecule has 1 aromatic carbocycles. The summed E-state index contributed by atoms with van der Waals surface area (Å²) in [5.74, 6) is -0.381. The predicted octanol–water partition coefficient (Wildman–Crippen LogP) is 2.30. The summed E-state index contributed by atoms with van der Waals surface area (Å²) < 4.78 is 0. The highest BCUT2D eigenvalue weighted by Crippen LogP contribution is 2.73. The molecule has 0 unspecified atom stereocenters. The number of non-ortho nitro benzene ring substituents is 1. The van der Waals surface area contributed by atoms with E-state index in [0.717, 1.165) is 12.8 Å². The number of nitro benzene ring substituents is 1. The number of imide groups is 1. The Bertz CT molecular complexity index is 759. The lowest BCUT2D eigenvalue weighted by molar-refractivity contribution is -0.384. The minimum atomic E-state index is -0.493. The van der Waals surface area contributed by atoms with E-state index in [-0.39, 0.29) is 46.6 Å². The van der Waals surface area contributed by atoms with E-state index in [0.29, 0.717) is 5.69 Å². The first-order valence-electron chi connectivity index (χ1n) is 7.85. The highest BCUT2D eigenvalue weighted by atomic mass is 16.6. The van der Waals surface area contributed by atoms with Gasteiger partial charge in [0.15, 0.2) is 0 Å². The molecule has 1 aliphatic heterocycles. The standard InChI is InChI=1S/C17H14N2O4/c20-15-13-11-5-6-12(17(11)7-8-17)14(13)16(21)18(15)9-1-3-10(4-2-9)19(22)23/h1-6,11-14H,7-8H2/t11-,12+,13-,14+. The van der Waals surface area contributed by atoms with Crippen LogP contribution in [0.25, 0.3) is 0 Å². The molecule has 4 atom stereocenters. The van der Waals surface area contributed by atoms with Crippen molar-refractivity contribution in [3.63, 3.8) is 0 Å². The summed E-state index contributed by atoms with van der Waals surface area (Å²) in [6.07, 6.45) is 6.48. The Morgan fingerprint density at radius 2 is 1.52 bits per heavy atom. The lowest BCUT2D eigenvalue weighted by Crippen LogP contribution is -2.34. The fourth-order valence-electron chi connectivity index (χ4n) is 5.06. The van der Waals surface area contributed by atoms with Crippen molar-refractivity contribution >= 4 is 23.2 Å². The minimum absolute atomic E-state index is 0.0493. The Morgan fingerprint density at radius 3 is 1.96 bits per heavy atom. The van der Waals surface area contributed by atoms with Gasteiger partial charge in [0.2, 0.25) is 11.8 Å². The van der Waals surface area contributed by atoms with E-state index in [1.807, 2.05) is 0 Å². The van der Waals surface area contributed by atoms with Crippen LogP contribution >= 0.6 is 0 Å². The fourth-order valence-corrected chi connectivity index (χ4v) is 5.06. The minimum Gasteiger partial charge on any atom is -0.274 e. The van der Waals surface area contributed by atoms with Crippen molar-refractivity contribution in [2.75, 3.05) is 4.90 Å². The molecule has 23 heavy (non-hydrogen) atoms. The lowest BCUT2D eigenvalue weighted by atomic mass is 9.85. The SMILES string of the molecule is O=C1[C@@H]2[C@H](C(=O)N1c1ccc([N+](=O)[O-])cc1)[C@H]1C=C[C@@H]2C12CC2. The van der Waals surface area contributed by atoms with Crippen molar-refractivity contribution in [2.24, 2.45) is 29.1 Å². The zero-order valence-corrected chi connectivity index (χ0v) is 12.2. The average molecular weight is 310 g/mol. The first-order valence-corrected chi connectivity index (χ1v) is 7.85. The van der Waals surface area contributed by atoms with Crippen molar-refractivity contribution in [3.05, 3.63) is 46.5 Å². The summed E-state index contributed by atoms with van der Waals surface area (Å²) in [5.41, 5.74) is 0.568. The summed E-state index contributed by atoms with van der Waals surface area (Å²) in [6, 6.07) is 5.63. The third-order valence-corrected chi connectivity index (χ3v) is 6.17. The number of benzene rings is 1. The van der Waals surface area contributed by atoms with Gasteiger partial charge >= 0.3 is 0 Å². The molecule has 6 nitrogen and oxygen atoms in total. The molecule has 1 aromatic rings. The van der Waals surface area contributed by atoms with Crippen molar-refractivity contribution in [1.82, 2.24) is 0 Å². The van der Waals surface area contributed by atoms with Crippen molar-refractivity contribution < 1.29 is 14.5 Å². The molecule has 2 amide bonds. The molecule has 4 aliphatic rings. The molecule has 2 saturated carbocycles. The second-order valence-electron chi connectivity index (χ2n) is 7.01. The molecule has 116 valence electrons. The zero-order chi connectivity index (χ0) is 15.9. The van der Waals surface area contributed by atoms with Crippen molar-refractivity contribution in [2.45, 2.75) is 12.8 Å². The summed E-state index contributed by atoms with van der Waals surface area (Å²) in [7, 11) is 0. The molecule has 2 bridgehead atoms. The molecule has 3 aliphatic carbocycles. The molecule has 3 fully saturated rings. The molecule has 1 spiro atoms. The van der Waals surface area contributed by atoms with Crippen LogP contribution in [0.4, 0.5) is 11.4 Å². The molecular weight excluding hydrogens is 296 g/mol. The Kier molecular flexibility index (Phi) is 2.19. The molecule has 1 heterocycles. The van der Waals surface area contributed by atoms with E-state index >= 15 is 0 Å². The van der Waals surface area contributed by atoms with Gasteiger partial charge in [-0.1, -0.05) is 12.2 Å². The second-order valence-corrected chi connectivity index (χ2v) is 7.01. The Labute approximate surface area is 131 Å². The smallest absolute Gasteiger partial charge is 0.269 e. The van der Waals surface area contributed by atoms with Gasteiger partial charge in [-0.15, -0.1) is 0 Å². The molecule has 0 aromatic heterocycles. The van der Waals surface area contributed by atoms with Gasteiger partial charge < -0.3 is 0 Å². The van der Waals surface area contributed by atoms with Crippen LogP contribution in [0.3, 0.4) is 0 Å². The monoisotopic (exact) mass is 310 g/mol. The van der Waals surface area contributed by atoms with Gasteiger partial charge in [-0.25, -0.2) is 0 Å². The van der Waals surface area contributed by atoms with Gasteiger partial charge in [0, 0.05) is 12.1 Å². The van der Waals surface area contributed by atoms with Crippen LogP contribution < -0.4 is 4.90 Å². The largest absolute Gasteiger partial charge is 0.274 e. The fraction of sp³-hybridized carbons (Fsp3) is 0.412. The number of fused-ring (bicyclic) bond motifs is 3. The number of anilines is 1. The van der Waals surface area contributed by atoms with Gasteiger partial charge in [0.1, 0.15) is 0 Å². The Balaban J connectivity index is 1.52. The van der Waals surface area contributed by atoms with E-state index in [1.54, 1.807) is 0 Å². The third kappa shape index (κ3) is 1.39. The van der Waals surface area contributed by atoms with E-state index in [1.165, 1.54) is 29.2 Å². The molecular formula is C17H14N2O4. The van der Waals surface area contributed by atoms with Crippen LogP contribution in [0.5, 0.6) is 0 Å². The van der Waals surface area contributed by atoms with Crippen LogP contribution in [0.2, 0.25) is 0 Å². The normalized spacial score (nSPS) is 35.2. The first-order chi connectivity index (χ1) is 11.0. The lowest BCUT2D eigenvalue weighted by Gasteiger charge is -2.21. The van der Waals surface area contributed by atoms with Crippen LogP contribution in [0, 0.1) is 39.2 Å². The second kappa shape index (κ2) is 3.88. The molecule has 0 radical (unpaired) electrons. The average Bonchev–Trinajstić information content (AvgIpc) is 3.13. The number of carbonyl (C=O) groups is 2. The Morgan fingerprint density at radius 1 is 1.00 bits per heavy atom. The summed E-state index contributed by atoms with van der Waals surface area (Å²) >= 11 is 0. The van der Waals surface area contributed by atoms with Crippen LogP contribution in [-0.2, 0) is 9.59 Å². The number of allylic oxidation sites excluding steroid dienone is 2. The van der Waals surface area contributed by atoms with Gasteiger partial charge in [0.05, 0.1) is 22.4 Å². The number of carbonyl (C=O) groups excluding carboxylic acids is 2. The molecule has 5 rings (SSSR count). The number of amides is 2. The van der Waals surface area contributed by atoms with Gasteiger partial charge in [-0.3, -0.25) is 24.6 Å². The van der Waals surface area contributed by atoms with Gasteiger partial charge in [-0.2, -0.15) is 0 Å². The number of nitrogens with zero attached hydrogens (tertiary/aromatic N) is 2. The van der Waals surface area contributed by atoms with Crippen LogP contribution in [0.15, 0.2) is 36.4 Å². The van der Waals surface area contributed by atoms with E-state index in [2.05, 4.69) is 12.2 Å². The van der Waals surface area contributed by atoms with Crippen molar-refractivity contribution in [1.29, 1.82) is 0 Å². The summed E-state index contributed by atoms with van der Waals surface area (Å²) in [4.78, 5) is 37.2. The number of hydrogen-bond donors (Lipinski definition) is 0. The van der Waals surface area contributed by atoms with E-state index in [4.69, 9.17) is 0 Å². The maximum Gasteiger partial charge on any atom is 0.269 e. The molecule has 1 saturated heterocycles. The zero-order valence-electron chi connectivity index (χ0n) is 12.2. The van der Waals surface area contributed by atoms with Crippen LogP contribution in [0.1, 0.15) is 12.8 Å². The van der Waals surface area contributed by atoms with E-state index in [9.17, 15) is 19.7 Å². The molecule has 0 N–H and O–H groups in total. The number of nitro groups is 1. The highest BCUT2D eigenvalue weighted by Gasteiger charge is 2.73. The predicted molar refractivity (Wildman–Crippen MR) is 80.4 cm³/mol. The number of rotatable bonds is 2. The molecule has 6 heteroatoms. The van der Waals surface area contributed by atoms with E-state index < -0.39 is 4.92 Å². The van der Waals surface area contributed by atoms with Gasteiger partial charge in [0.25, 0.3) is 5.69 Å². The van der Waals surface area contributed by atoms with Gasteiger partial charge in [-0.05, 0) is 42.2 Å². The number of hydrogen-bond acceptors (Lipinski definition) is 4. The summed E-state index contributed by atoms with van der Waals surface area (Å²) in [6.45, 7) is 0. The Hall–Kier alpha value is -2.50. The maximum atomic E-state index is 12.9. The van der Waals surface area contributed by atoms with Crippen LogP contribution in [-0.4, -0.2) is 16.7 Å². The summed E-state index contributed by atoms with van der Waals surface area (Å²) in [5, 5.41) is 10.7. The topological polar surface area (TPSA) is 80.5 Å². The third-order valence-electron chi connectivity index (χ3n) is 6.17. The first kappa shape index (κ1) is 13.0. The van der Waals surface area contributed by atoms with Crippen molar-refractivity contribution in [3.8, 4) is 0 Å².